The molecule has 3 aliphatic rings. The van der Waals surface area contributed by atoms with Gasteiger partial charge in [0.25, 0.3) is 0 Å². The van der Waals surface area contributed by atoms with E-state index in [1.54, 1.807) is 0 Å². The van der Waals surface area contributed by atoms with Crippen LogP contribution >= 0.6 is 0 Å². The fourth-order valence-electron chi connectivity index (χ4n) is 3.67. The van der Waals surface area contributed by atoms with Gasteiger partial charge >= 0.3 is 27.2 Å². The van der Waals surface area contributed by atoms with Gasteiger partial charge in [-0.05, 0) is 18.8 Å². The second-order valence-corrected chi connectivity index (χ2v) is 7.46. The quantitative estimate of drug-likeness (QED) is 0.316. The smallest absolute Gasteiger partial charge is 0.351 e. The van der Waals surface area contributed by atoms with Crippen molar-refractivity contribution in [2.24, 2.45) is 17.8 Å². The van der Waals surface area contributed by atoms with Gasteiger partial charge in [-0.25, -0.2) is 4.79 Å². The molecule has 0 aromatic heterocycles. The molecule has 21 heavy (non-hydrogen) atoms. The number of aliphatic hydroxyl groups is 2. The maximum Gasteiger partial charge on any atom is 0.351 e. The predicted molar refractivity (Wildman–Crippen MR) is 62.8 cm³/mol. The Morgan fingerprint density at radius 1 is 1.43 bits per heavy atom. The van der Waals surface area contributed by atoms with Crippen LogP contribution in [-0.4, -0.2) is 52.4 Å². The molecule has 3 rings (SSSR count). The van der Waals surface area contributed by atoms with Crippen LogP contribution in [0.25, 0.3) is 0 Å². The summed E-state index contributed by atoms with van der Waals surface area (Å²) < 4.78 is 39.7. The molecule has 0 aromatic carbocycles. The highest BCUT2D eigenvalue weighted by Crippen LogP contribution is 2.60. The molecule has 2 saturated carbocycles. The zero-order chi connectivity index (χ0) is 15.6. The minimum Gasteiger partial charge on any atom is -0.456 e. The molecule has 3 unspecified atom stereocenters. The Morgan fingerprint density at radius 3 is 2.67 bits per heavy atom. The third-order valence-corrected chi connectivity index (χ3v) is 5.53. The van der Waals surface area contributed by atoms with Gasteiger partial charge in [-0.15, -0.1) is 0 Å². The van der Waals surface area contributed by atoms with E-state index in [-0.39, 0.29) is 24.2 Å². The summed E-state index contributed by atoms with van der Waals surface area (Å²) in [5, 5.41) is 14.7. The Bertz CT molecular complexity index is 609. The zero-order valence-corrected chi connectivity index (χ0v) is 11.6. The zero-order valence-electron chi connectivity index (χ0n) is 10.8. The van der Waals surface area contributed by atoms with Crippen LogP contribution < -0.4 is 0 Å². The van der Waals surface area contributed by atoms with Gasteiger partial charge in [-0.1, -0.05) is 0 Å². The molecule has 9 nitrogen and oxygen atoms in total. The predicted octanol–water partition coefficient (Wildman–Crippen LogP) is -1.60. The lowest BCUT2D eigenvalue weighted by Gasteiger charge is -2.29. The third-order valence-electron chi connectivity index (χ3n) is 4.59. The molecular weight excluding hydrogens is 308 g/mol. The summed E-state index contributed by atoms with van der Waals surface area (Å²) in [7, 11) is -5.23. The standard InChI is InChI=1S/C11H14O9S/c12-8-6-1-5-2-7(6)10(3-5,20-8)9(13)19-4-11(14,15)21(16,17)18/h5-7,14-15H,1-4H2,(H,16,17,18)/t5-,6?,7?,10?/m1/s1. The van der Waals surface area contributed by atoms with Crippen LogP contribution in [0.1, 0.15) is 19.3 Å². The highest BCUT2D eigenvalue weighted by atomic mass is 32.2. The van der Waals surface area contributed by atoms with Crippen molar-refractivity contribution in [2.45, 2.75) is 30.0 Å². The molecule has 2 aliphatic carbocycles. The minimum atomic E-state index is -5.23. The van der Waals surface area contributed by atoms with Crippen molar-refractivity contribution in [2.75, 3.05) is 6.61 Å². The summed E-state index contributed by atoms with van der Waals surface area (Å²) in [6, 6.07) is 0. The van der Waals surface area contributed by atoms with E-state index in [4.69, 9.17) is 19.5 Å². The van der Waals surface area contributed by atoms with E-state index in [0.29, 0.717) is 12.8 Å². The van der Waals surface area contributed by atoms with Crippen molar-refractivity contribution in [3.05, 3.63) is 0 Å². The van der Waals surface area contributed by atoms with Gasteiger partial charge in [0.15, 0.2) is 6.61 Å². The number of carbonyl (C=O) groups is 2. The maximum absolute atomic E-state index is 12.1. The van der Waals surface area contributed by atoms with Crippen LogP contribution in [0.15, 0.2) is 0 Å². The highest BCUT2D eigenvalue weighted by molar-refractivity contribution is 7.86. The molecule has 0 aromatic rings. The van der Waals surface area contributed by atoms with Gasteiger partial charge < -0.3 is 19.7 Å². The first-order valence-electron chi connectivity index (χ1n) is 6.39. The first kappa shape index (κ1) is 14.7. The summed E-state index contributed by atoms with van der Waals surface area (Å²) in [5.74, 6) is -2.01. The van der Waals surface area contributed by atoms with E-state index in [9.17, 15) is 18.0 Å². The van der Waals surface area contributed by atoms with Gasteiger partial charge in [0, 0.05) is 12.3 Å². The van der Waals surface area contributed by atoms with Gasteiger partial charge in [-0.3, -0.25) is 9.35 Å². The fourth-order valence-corrected chi connectivity index (χ4v) is 3.88. The number of rotatable bonds is 4. The van der Waals surface area contributed by atoms with Crippen molar-refractivity contribution in [3.63, 3.8) is 0 Å². The molecule has 0 amide bonds. The number of ether oxygens (including phenoxy) is 2. The second-order valence-electron chi connectivity index (χ2n) is 5.86. The van der Waals surface area contributed by atoms with Crippen LogP contribution in [0.4, 0.5) is 0 Å². The van der Waals surface area contributed by atoms with E-state index >= 15 is 0 Å². The van der Waals surface area contributed by atoms with E-state index in [2.05, 4.69) is 4.74 Å². The third kappa shape index (κ3) is 1.97. The van der Waals surface area contributed by atoms with Crippen molar-refractivity contribution >= 4 is 22.1 Å². The Balaban J connectivity index is 1.74. The van der Waals surface area contributed by atoms with Crippen LogP contribution in [0.2, 0.25) is 0 Å². The monoisotopic (exact) mass is 322 g/mol. The lowest BCUT2D eigenvalue weighted by Crippen LogP contribution is -2.48. The Hall–Kier alpha value is -1.23. The number of hydrogen-bond acceptors (Lipinski definition) is 8. The van der Waals surface area contributed by atoms with Crippen LogP contribution in [0, 0.1) is 17.8 Å². The van der Waals surface area contributed by atoms with Crippen LogP contribution in [0.5, 0.6) is 0 Å². The molecule has 118 valence electrons. The highest BCUT2D eigenvalue weighted by Gasteiger charge is 2.70. The number of esters is 2. The molecule has 1 heterocycles. The number of carbonyl (C=O) groups excluding carboxylic acids is 2. The van der Waals surface area contributed by atoms with Crippen molar-refractivity contribution in [1.29, 1.82) is 0 Å². The van der Waals surface area contributed by atoms with Crippen molar-refractivity contribution in [1.82, 2.24) is 0 Å². The maximum atomic E-state index is 12.1. The topological polar surface area (TPSA) is 147 Å². The lowest BCUT2D eigenvalue weighted by atomic mass is 9.80. The lowest BCUT2D eigenvalue weighted by molar-refractivity contribution is -0.190. The second kappa shape index (κ2) is 4.15. The molecular formula is C11H14O9S. The van der Waals surface area contributed by atoms with Crippen LogP contribution in [-0.2, 0) is 29.2 Å². The summed E-state index contributed by atoms with van der Waals surface area (Å²) in [6.07, 6.45) is 1.59. The first-order chi connectivity index (χ1) is 9.57. The molecule has 4 atom stereocenters. The summed E-state index contributed by atoms with van der Waals surface area (Å²) in [5.41, 5.74) is -1.46. The summed E-state index contributed by atoms with van der Waals surface area (Å²) in [6.45, 7) is -1.37. The average Bonchev–Trinajstić information content (AvgIpc) is 2.94. The Morgan fingerprint density at radius 2 is 2.10 bits per heavy atom. The van der Waals surface area contributed by atoms with E-state index in [1.807, 2.05) is 0 Å². The Labute approximate surface area is 119 Å². The SMILES string of the molecule is O=C1OC2(C(=O)OCC(O)(O)S(=O)(=O)O)C[C@@H]3CC1C2C3. The van der Waals surface area contributed by atoms with E-state index < -0.39 is 39.4 Å². The normalized spacial score (nSPS) is 37.7. The summed E-state index contributed by atoms with van der Waals surface area (Å²) >= 11 is 0. The van der Waals surface area contributed by atoms with Crippen LogP contribution in [0.3, 0.4) is 0 Å². The average molecular weight is 322 g/mol. The van der Waals surface area contributed by atoms with Crippen molar-refractivity contribution < 1.29 is 42.2 Å². The minimum absolute atomic E-state index is 0.161. The molecule has 1 aliphatic heterocycles. The van der Waals surface area contributed by atoms with E-state index in [1.165, 1.54) is 0 Å². The fraction of sp³-hybridized carbons (Fsp3) is 0.818. The van der Waals surface area contributed by atoms with Crippen molar-refractivity contribution in [3.8, 4) is 0 Å². The van der Waals surface area contributed by atoms with E-state index in [0.717, 1.165) is 0 Å². The number of fused-ring (bicyclic) bond motifs is 1. The summed E-state index contributed by atoms with van der Waals surface area (Å²) in [4.78, 5) is 23.8. The van der Waals surface area contributed by atoms with Gasteiger partial charge in [0.05, 0.1) is 5.92 Å². The number of hydrogen-bond donors (Lipinski definition) is 3. The molecule has 0 spiro atoms. The first-order valence-corrected chi connectivity index (χ1v) is 7.83. The molecule has 10 heteroatoms. The van der Waals surface area contributed by atoms with Gasteiger partial charge in [0.2, 0.25) is 5.60 Å². The molecule has 1 saturated heterocycles. The molecule has 0 radical (unpaired) electrons. The molecule has 3 fully saturated rings. The van der Waals surface area contributed by atoms with Gasteiger partial charge in [-0.2, -0.15) is 8.42 Å². The molecule has 3 N–H and O–H groups in total. The largest absolute Gasteiger partial charge is 0.456 e. The molecule has 2 bridgehead atoms. The Kier molecular flexibility index (Phi) is 2.91. The van der Waals surface area contributed by atoms with Gasteiger partial charge in [0.1, 0.15) is 0 Å².